The summed E-state index contributed by atoms with van der Waals surface area (Å²) < 4.78 is 14.0. The van der Waals surface area contributed by atoms with Crippen molar-refractivity contribution in [3.63, 3.8) is 0 Å². The van der Waals surface area contributed by atoms with Gasteiger partial charge < -0.3 is 24.7 Å². The van der Waals surface area contributed by atoms with Crippen LogP contribution in [0.5, 0.6) is 5.75 Å². The van der Waals surface area contributed by atoms with Crippen LogP contribution in [0, 0.1) is 18.3 Å². The Morgan fingerprint density at radius 1 is 1.18 bits per heavy atom. The fraction of sp³-hybridized carbons (Fsp3) is 0.625. The smallest absolute Gasteiger partial charge is 0.192 e. The number of rotatable bonds is 4. The molecular formula is C24H33IN6O2. The summed E-state index contributed by atoms with van der Waals surface area (Å²) in [6.45, 7) is 4.05. The number of benzene rings is 1. The summed E-state index contributed by atoms with van der Waals surface area (Å²) in [5, 5.41) is 16.1. The van der Waals surface area contributed by atoms with Gasteiger partial charge in [-0.05, 0) is 32.3 Å². The van der Waals surface area contributed by atoms with Crippen molar-refractivity contribution >= 4 is 29.9 Å². The summed E-state index contributed by atoms with van der Waals surface area (Å²) >= 11 is 0. The van der Waals surface area contributed by atoms with E-state index in [1.54, 1.807) is 0 Å². The molecule has 1 spiro atoms. The summed E-state index contributed by atoms with van der Waals surface area (Å²) in [5.74, 6) is 4.16. The number of ether oxygens (including phenoxy) is 2. The number of hydrogen-bond donors (Lipinski definition) is 2. The van der Waals surface area contributed by atoms with Crippen LogP contribution in [0.25, 0.3) is 0 Å². The maximum atomic E-state index is 6.13. The minimum atomic E-state index is 0. The molecule has 0 radical (unpaired) electrons. The number of guanidine groups is 1. The van der Waals surface area contributed by atoms with E-state index in [0.717, 1.165) is 42.8 Å². The van der Waals surface area contributed by atoms with E-state index >= 15 is 0 Å². The van der Waals surface area contributed by atoms with E-state index in [9.17, 15) is 0 Å². The van der Waals surface area contributed by atoms with Crippen LogP contribution in [0.1, 0.15) is 55.4 Å². The van der Waals surface area contributed by atoms with Crippen LogP contribution in [-0.2, 0) is 18.3 Å². The summed E-state index contributed by atoms with van der Waals surface area (Å²) in [6, 6.07) is 8.88. The highest BCUT2D eigenvalue weighted by molar-refractivity contribution is 14.0. The van der Waals surface area contributed by atoms with E-state index < -0.39 is 0 Å². The van der Waals surface area contributed by atoms with Gasteiger partial charge in [0, 0.05) is 43.0 Å². The Labute approximate surface area is 211 Å². The van der Waals surface area contributed by atoms with Gasteiger partial charge in [0.25, 0.3) is 0 Å². The van der Waals surface area contributed by atoms with Gasteiger partial charge in [-0.2, -0.15) is 0 Å². The second kappa shape index (κ2) is 9.05. The molecular weight excluding hydrogens is 531 g/mol. The Balaban J connectivity index is 0.00000228. The molecule has 4 aliphatic rings. The topological polar surface area (TPSA) is 85.6 Å². The van der Waals surface area contributed by atoms with Gasteiger partial charge in [0.05, 0.1) is 18.8 Å². The van der Waals surface area contributed by atoms with E-state index in [1.165, 1.54) is 24.8 Å². The number of hydrogen-bond acceptors (Lipinski definition) is 5. The van der Waals surface area contributed by atoms with Crippen LogP contribution in [0.3, 0.4) is 0 Å². The van der Waals surface area contributed by atoms with Crippen molar-refractivity contribution in [3.8, 4) is 5.75 Å². The molecule has 9 heteroatoms. The lowest BCUT2D eigenvalue weighted by Crippen LogP contribution is -2.72. The maximum absolute atomic E-state index is 6.13. The number of fused-ring (bicyclic) bond motifs is 3. The summed E-state index contributed by atoms with van der Waals surface area (Å²) in [4.78, 5) is 4.98. The van der Waals surface area contributed by atoms with Crippen molar-refractivity contribution in [1.82, 2.24) is 25.4 Å². The zero-order valence-electron chi connectivity index (χ0n) is 19.3. The maximum Gasteiger partial charge on any atom is 0.192 e. The monoisotopic (exact) mass is 564 g/mol. The average Bonchev–Trinajstić information content (AvgIpc) is 3.34. The highest BCUT2D eigenvalue weighted by Crippen LogP contribution is 2.62. The predicted octanol–water partition coefficient (Wildman–Crippen LogP) is 3.26. The van der Waals surface area contributed by atoms with E-state index in [0.29, 0.717) is 36.6 Å². The molecule has 3 fully saturated rings. The Bertz CT molecular complexity index is 1040. The SMILES string of the molecule is Cc1nnc(CN=C(NC2CCOc3ccccc32)NC2C3CCOC3C23CCC3)n1C.I. The highest BCUT2D eigenvalue weighted by atomic mass is 127. The summed E-state index contributed by atoms with van der Waals surface area (Å²) in [5.41, 5.74) is 1.48. The van der Waals surface area contributed by atoms with Gasteiger partial charge in [0.15, 0.2) is 11.8 Å². The Morgan fingerprint density at radius 3 is 2.79 bits per heavy atom. The predicted molar refractivity (Wildman–Crippen MR) is 136 cm³/mol. The normalized spacial score (nSPS) is 29.1. The minimum Gasteiger partial charge on any atom is -0.493 e. The van der Waals surface area contributed by atoms with Crippen molar-refractivity contribution in [2.45, 2.75) is 63.8 Å². The molecule has 2 aromatic rings. The molecule has 2 N–H and O–H groups in total. The lowest BCUT2D eigenvalue weighted by Gasteiger charge is -2.63. The number of halogens is 1. The number of aliphatic imine (C=N–C) groups is 1. The Kier molecular flexibility index (Phi) is 6.28. The lowest BCUT2D eigenvalue weighted by atomic mass is 9.46. The molecule has 4 atom stereocenters. The molecule has 2 aliphatic heterocycles. The molecule has 1 aromatic heterocycles. The summed E-state index contributed by atoms with van der Waals surface area (Å²) in [6.07, 6.45) is 6.28. The van der Waals surface area contributed by atoms with Gasteiger partial charge in [-0.1, -0.05) is 24.6 Å². The fourth-order valence-electron chi connectivity index (χ4n) is 6.13. The lowest BCUT2D eigenvalue weighted by molar-refractivity contribution is -0.171. The molecule has 33 heavy (non-hydrogen) atoms. The van der Waals surface area contributed by atoms with Crippen LogP contribution < -0.4 is 15.4 Å². The molecule has 2 aliphatic carbocycles. The van der Waals surface area contributed by atoms with E-state index in [-0.39, 0.29) is 30.0 Å². The third kappa shape index (κ3) is 3.80. The van der Waals surface area contributed by atoms with Gasteiger partial charge in [0.1, 0.15) is 18.1 Å². The second-order valence-electron chi connectivity index (χ2n) is 9.71. The van der Waals surface area contributed by atoms with Crippen molar-refractivity contribution in [2.24, 2.45) is 23.4 Å². The first-order chi connectivity index (χ1) is 15.7. The van der Waals surface area contributed by atoms with Gasteiger partial charge in [0.2, 0.25) is 0 Å². The fourth-order valence-corrected chi connectivity index (χ4v) is 6.13. The standard InChI is InChI=1S/C24H32N6O2.HI/c1-15-28-29-20(30(15)2)14-25-23(26-18-9-13-31-19-7-4-3-6-16(18)19)27-21-17-8-12-32-22(17)24(21)10-5-11-24;/h3-4,6-7,17-18,21-22H,5,8-14H2,1-2H3,(H2,25,26,27);1H. The highest BCUT2D eigenvalue weighted by Gasteiger charge is 2.66. The number of nitrogens with one attached hydrogen (secondary N) is 2. The molecule has 3 heterocycles. The van der Waals surface area contributed by atoms with Crippen molar-refractivity contribution < 1.29 is 9.47 Å². The zero-order chi connectivity index (χ0) is 21.7. The average molecular weight is 564 g/mol. The third-order valence-corrected chi connectivity index (χ3v) is 8.16. The van der Waals surface area contributed by atoms with Gasteiger partial charge in [-0.3, -0.25) is 0 Å². The number of nitrogens with zero attached hydrogens (tertiary/aromatic N) is 4. The second-order valence-corrected chi connectivity index (χ2v) is 9.71. The molecule has 0 amide bonds. The first kappa shape index (κ1) is 22.9. The minimum absolute atomic E-state index is 0. The number of aryl methyl sites for hydroxylation is 1. The van der Waals surface area contributed by atoms with Crippen LogP contribution in [-0.4, -0.2) is 46.1 Å². The molecule has 2 saturated carbocycles. The van der Waals surface area contributed by atoms with E-state index in [2.05, 4.69) is 33.0 Å². The number of aromatic nitrogens is 3. The third-order valence-electron chi connectivity index (χ3n) is 8.16. The van der Waals surface area contributed by atoms with Crippen LogP contribution >= 0.6 is 24.0 Å². The van der Waals surface area contributed by atoms with Crippen LogP contribution in [0.15, 0.2) is 29.3 Å². The van der Waals surface area contributed by atoms with Crippen molar-refractivity contribution in [1.29, 1.82) is 0 Å². The van der Waals surface area contributed by atoms with Gasteiger partial charge in [-0.15, -0.1) is 34.2 Å². The molecule has 8 nitrogen and oxygen atoms in total. The van der Waals surface area contributed by atoms with E-state index in [4.69, 9.17) is 14.5 Å². The first-order valence-electron chi connectivity index (χ1n) is 11.9. The van der Waals surface area contributed by atoms with Crippen molar-refractivity contribution in [2.75, 3.05) is 13.2 Å². The zero-order valence-corrected chi connectivity index (χ0v) is 21.6. The molecule has 6 rings (SSSR count). The Morgan fingerprint density at radius 2 is 2.03 bits per heavy atom. The molecule has 0 bridgehead atoms. The molecule has 4 unspecified atom stereocenters. The molecule has 1 saturated heterocycles. The Hall–Kier alpha value is -1.88. The number of para-hydroxylation sites is 1. The molecule has 1 aromatic carbocycles. The van der Waals surface area contributed by atoms with Gasteiger partial charge in [-0.25, -0.2) is 4.99 Å². The van der Waals surface area contributed by atoms with Crippen LogP contribution in [0.4, 0.5) is 0 Å². The first-order valence-corrected chi connectivity index (χ1v) is 11.9. The quantitative estimate of drug-likeness (QED) is 0.337. The van der Waals surface area contributed by atoms with Gasteiger partial charge >= 0.3 is 0 Å². The van der Waals surface area contributed by atoms with Crippen LogP contribution in [0.2, 0.25) is 0 Å². The molecule has 178 valence electrons. The van der Waals surface area contributed by atoms with E-state index in [1.807, 2.05) is 30.7 Å². The largest absolute Gasteiger partial charge is 0.493 e. The van der Waals surface area contributed by atoms with Crippen molar-refractivity contribution in [3.05, 3.63) is 41.5 Å². The summed E-state index contributed by atoms with van der Waals surface area (Å²) in [7, 11) is 1.99.